The van der Waals surface area contributed by atoms with Crippen LogP contribution in [0.4, 0.5) is 5.69 Å². The van der Waals surface area contributed by atoms with Gasteiger partial charge in [-0.1, -0.05) is 46.8 Å². The molecular formula is C20H21BrN2O4S2. The fourth-order valence-electron chi connectivity index (χ4n) is 3.25. The number of nitrogens with zero attached hydrogens (tertiary/aromatic N) is 2. The highest BCUT2D eigenvalue weighted by Crippen LogP contribution is 2.45. The number of ether oxygens (including phenoxy) is 1. The Bertz CT molecular complexity index is 916. The van der Waals surface area contributed by atoms with Gasteiger partial charge in [0.05, 0.1) is 22.8 Å². The number of fused-ring (bicyclic) bond motifs is 1. The summed E-state index contributed by atoms with van der Waals surface area (Å²) in [5, 5.41) is 0. The van der Waals surface area contributed by atoms with Gasteiger partial charge in [0.25, 0.3) is 11.8 Å². The second kappa shape index (κ2) is 9.40. The molecule has 0 saturated carbocycles. The first-order valence-corrected chi connectivity index (χ1v) is 11.5. The summed E-state index contributed by atoms with van der Waals surface area (Å²) in [6, 6.07) is 5.60. The molecule has 29 heavy (non-hydrogen) atoms. The molecule has 0 N–H and O–H groups in total. The van der Waals surface area contributed by atoms with Crippen molar-refractivity contribution in [3.8, 4) is 0 Å². The van der Waals surface area contributed by atoms with Gasteiger partial charge in [0, 0.05) is 29.5 Å². The molecule has 0 unspecified atom stereocenters. The van der Waals surface area contributed by atoms with Crippen molar-refractivity contribution >= 4 is 73.3 Å². The van der Waals surface area contributed by atoms with E-state index in [0.29, 0.717) is 40.9 Å². The molecule has 6 nitrogen and oxygen atoms in total. The molecule has 0 bridgehead atoms. The van der Waals surface area contributed by atoms with Crippen LogP contribution in [0.1, 0.15) is 38.7 Å². The summed E-state index contributed by atoms with van der Waals surface area (Å²) in [4.78, 5) is 41.2. The SMILES string of the molecule is CCCOC(=O)CCCN1C(=O)/C(=C2/C(=O)N(CC)c3ccc(Br)cc32)SC1=S. The molecule has 2 amide bonds. The second-order valence-corrected chi connectivity index (χ2v) is 9.12. The summed E-state index contributed by atoms with van der Waals surface area (Å²) in [6.45, 7) is 5.06. The van der Waals surface area contributed by atoms with Crippen LogP contribution < -0.4 is 4.90 Å². The molecule has 0 spiro atoms. The van der Waals surface area contributed by atoms with Crippen LogP contribution in [0, 0.1) is 0 Å². The number of carbonyl (C=O) groups is 3. The summed E-state index contributed by atoms with van der Waals surface area (Å²) in [6.07, 6.45) is 1.45. The highest BCUT2D eigenvalue weighted by atomic mass is 79.9. The van der Waals surface area contributed by atoms with Crippen molar-refractivity contribution in [2.75, 3.05) is 24.6 Å². The zero-order valence-electron chi connectivity index (χ0n) is 16.2. The fourth-order valence-corrected chi connectivity index (χ4v) is 4.99. The molecule has 1 aromatic rings. The summed E-state index contributed by atoms with van der Waals surface area (Å²) in [7, 11) is 0. The third-order valence-electron chi connectivity index (χ3n) is 4.60. The first-order chi connectivity index (χ1) is 13.9. The van der Waals surface area contributed by atoms with E-state index in [-0.39, 0.29) is 24.2 Å². The number of thiocarbonyl (C=S) groups is 1. The molecule has 0 aliphatic carbocycles. The van der Waals surface area contributed by atoms with Gasteiger partial charge >= 0.3 is 5.97 Å². The molecule has 0 radical (unpaired) electrons. The van der Waals surface area contributed by atoms with Crippen LogP contribution >= 0.6 is 39.9 Å². The smallest absolute Gasteiger partial charge is 0.305 e. The van der Waals surface area contributed by atoms with Crippen LogP contribution in [-0.2, 0) is 19.1 Å². The number of halogens is 1. The molecule has 1 fully saturated rings. The lowest BCUT2D eigenvalue weighted by molar-refractivity contribution is -0.144. The van der Waals surface area contributed by atoms with Gasteiger partial charge in [-0.15, -0.1) is 0 Å². The molecule has 2 aliphatic rings. The highest BCUT2D eigenvalue weighted by Gasteiger charge is 2.41. The number of benzene rings is 1. The predicted molar refractivity (Wildman–Crippen MR) is 121 cm³/mol. The Morgan fingerprint density at radius 3 is 2.66 bits per heavy atom. The van der Waals surface area contributed by atoms with Crippen LogP contribution in [0.2, 0.25) is 0 Å². The van der Waals surface area contributed by atoms with Crippen LogP contribution in [0.15, 0.2) is 27.6 Å². The summed E-state index contributed by atoms with van der Waals surface area (Å²) >= 11 is 9.97. The summed E-state index contributed by atoms with van der Waals surface area (Å²) in [5.74, 6) is -0.752. The number of carbonyl (C=O) groups excluding carboxylic acids is 3. The van der Waals surface area contributed by atoms with E-state index >= 15 is 0 Å². The molecule has 3 rings (SSSR count). The van der Waals surface area contributed by atoms with Crippen LogP contribution in [0.5, 0.6) is 0 Å². The minimum atomic E-state index is -0.283. The maximum absolute atomic E-state index is 13.0. The molecule has 9 heteroatoms. The first-order valence-electron chi connectivity index (χ1n) is 9.44. The quantitative estimate of drug-likeness (QED) is 0.321. The number of thioether (sulfide) groups is 1. The lowest BCUT2D eigenvalue weighted by Crippen LogP contribution is -2.30. The Morgan fingerprint density at radius 1 is 1.21 bits per heavy atom. The molecule has 0 atom stereocenters. The molecule has 1 aromatic carbocycles. The molecule has 2 aliphatic heterocycles. The van der Waals surface area contributed by atoms with Gasteiger partial charge in [-0.2, -0.15) is 0 Å². The van der Waals surface area contributed by atoms with E-state index in [1.54, 1.807) is 4.90 Å². The van der Waals surface area contributed by atoms with Gasteiger partial charge < -0.3 is 9.64 Å². The van der Waals surface area contributed by atoms with Crippen LogP contribution in [0.25, 0.3) is 5.57 Å². The molecule has 1 saturated heterocycles. The fraction of sp³-hybridized carbons (Fsp3) is 0.400. The van der Waals surface area contributed by atoms with Gasteiger partial charge in [-0.05, 0) is 38.0 Å². The van der Waals surface area contributed by atoms with Crippen molar-refractivity contribution in [2.45, 2.75) is 33.1 Å². The van der Waals surface area contributed by atoms with Gasteiger partial charge in [0.2, 0.25) is 0 Å². The minimum Gasteiger partial charge on any atom is -0.466 e. The van der Waals surface area contributed by atoms with E-state index in [4.69, 9.17) is 17.0 Å². The number of hydrogen-bond donors (Lipinski definition) is 0. The lowest BCUT2D eigenvalue weighted by Gasteiger charge is -2.14. The minimum absolute atomic E-state index is 0.191. The van der Waals surface area contributed by atoms with Crippen molar-refractivity contribution in [3.63, 3.8) is 0 Å². The second-order valence-electron chi connectivity index (χ2n) is 6.56. The van der Waals surface area contributed by atoms with Gasteiger partial charge in [-0.3, -0.25) is 19.3 Å². The Labute approximate surface area is 187 Å². The maximum Gasteiger partial charge on any atom is 0.305 e. The highest BCUT2D eigenvalue weighted by molar-refractivity contribution is 9.10. The standard InChI is InChI=1S/C20H21BrN2O4S2/c1-3-10-27-15(24)6-5-9-23-19(26)17(29-20(23)28)16-13-11-12(21)7-8-14(13)22(4-2)18(16)25/h7-8,11H,3-6,9-10H2,1-2H3/b17-16-. The number of amides is 2. The van der Waals surface area contributed by atoms with Crippen molar-refractivity contribution in [3.05, 3.63) is 33.1 Å². The zero-order valence-corrected chi connectivity index (χ0v) is 19.4. The number of anilines is 1. The molecule has 0 aromatic heterocycles. The van der Waals surface area contributed by atoms with Crippen molar-refractivity contribution in [1.29, 1.82) is 0 Å². The van der Waals surface area contributed by atoms with Crippen molar-refractivity contribution < 1.29 is 19.1 Å². The van der Waals surface area contributed by atoms with E-state index in [9.17, 15) is 14.4 Å². The zero-order chi connectivity index (χ0) is 21.1. The monoisotopic (exact) mass is 496 g/mol. The van der Waals surface area contributed by atoms with Gasteiger partial charge in [0.1, 0.15) is 4.32 Å². The van der Waals surface area contributed by atoms with Crippen molar-refractivity contribution in [2.24, 2.45) is 0 Å². The van der Waals surface area contributed by atoms with E-state index in [0.717, 1.165) is 33.9 Å². The third kappa shape index (κ3) is 4.41. The van der Waals surface area contributed by atoms with E-state index in [1.165, 1.54) is 4.90 Å². The Morgan fingerprint density at radius 2 is 1.97 bits per heavy atom. The molecular weight excluding hydrogens is 476 g/mol. The summed E-state index contributed by atoms with van der Waals surface area (Å²) in [5.41, 5.74) is 1.92. The van der Waals surface area contributed by atoms with Gasteiger partial charge in [-0.25, -0.2) is 0 Å². The third-order valence-corrected chi connectivity index (χ3v) is 6.54. The number of likely N-dealkylation sites (N-methyl/N-ethyl adjacent to an activating group) is 1. The average Bonchev–Trinajstić information content (AvgIpc) is 3.12. The van der Waals surface area contributed by atoms with E-state index in [1.807, 2.05) is 32.0 Å². The van der Waals surface area contributed by atoms with Crippen LogP contribution in [0.3, 0.4) is 0 Å². The number of hydrogen-bond acceptors (Lipinski definition) is 6. The lowest BCUT2D eigenvalue weighted by atomic mass is 10.1. The van der Waals surface area contributed by atoms with Gasteiger partial charge in [0.15, 0.2) is 0 Å². The predicted octanol–water partition coefficient (Wildman–Crippen LogP) is 4.12. The maximum atomic E-state index is 13.0. The topological polar surface area (TPSA) is 66.9 Å². The Kier molecular flexibility index (Phi) is 7.13. The molecule has 154 valence electrons. The molecule has 2 heterocycles. The Balaban J connectivity index is 1.82. The number of esters is 1. The van der Waals surface area contributed by atoms with Crippen LogP contribution in [-0.4, -0.2) is 46.7 Å². The van der Waals surface area contributed by atoms with E-state index in [2.05, 4.69) is 15.9 Å². The first kappa shape index (κ1) is 22.0. The normalized spacial score (nSPS) is 18.7. The van der Waals surface area contributed by atoms with Crippen molar-refractivity contribution in [1.82, 2.24) is 4.90 Å². The Hall–Kier alpha value is -1.71. The summed E-state index contributed by atoms with van der Waals surface area (Å²) < 4.78 is 6.29. The number of rotatable bonds is 7. The average molecular weight is 497 g/mol. The van der Waals surface area contributed by atoms with E-state index < -0.39 is 0 Å². The largest absolute Gasteiger partial charge is 0.466 e.